The predicted molar refractivity (Wildman–Crippen MR) is 50.6 cm³/mol. The van der Waals surface area contributed by atoms with Gasteiger partial charge in [-0.3, -0.25) is 4.79 Å². The van der Waals surface area contributed by atoms with Crippen LogP contribution in [0.15, 0.2) is 12.1 Å². The molecule has 0 saturated heterocycles. The van der Waals surface area contributed by atoms with E-state index in [-0.39, 0.29) is 17.7 Å². The number of carbonyl (C=O) groups excluding carboxylic acids is 1. The van der Waals surface area contributed by atoms with Gasteiger partial charge < -0.3 is 10.4 Å². The van der Waals surface area contributed by atoms with Gasteiger partial charge in [0.1, 0.15) is 0 Å². The van der Waals surface area contributed by atoms with E-state index >= 15 is 0 Å². The van der Waals surface area contributed by atoms with Gasteiger partial charge in [-0.2, -0.15) is 0 Å². The fourth-order valence-electron chi connectivity index (χ4n) is 1.27. The molecule has 1 unspecified atom stereocenters. The second-order valence-electron chi connectivity index (χ2n) is 3.09. The quantitative estimate of drug-likeness (QED) is 0.737. The molecule has 0 spiro atoms. The topological polar surface area (TPSA) is 49.3 Å². The molecule has 3 nitrogen and oxygen atoms in total. The monoisotopic (exact) mass is 215 g/mol. The van der Waals surface area contributed by atoms with Crippen molar-refractivity contribution in [3.63, 3.8) is 0 Å². The molecule has 1 atom stereocenters. The van der Waals surface area contributed by atoms with Crippen molar-refractivity contribution in [2.24, 2.45) is 0 Å². The van der Waals surface area contributed by atoms with Gasteiger partial charge >= 0.3 is 0 Å². The van der Waals surface area contributed by atoms with Crippen molar-refractivity contribution in [3.8, 4) is 0 Å². The zero-order valence-electron chi connectivity index (χ0n) is 8.13. The molecule has 0 aromatic heterocycles. The third kappa shape index (κ3) is 2.57. The number of aldehydes is 1. The van der Waals surface area contributed by atoms with E-state index in [4.69, 9.17) is 0 Å². The van der Waals surface area contributed by atoms with Crippen molar-refractivity contribution in [2.75, 3.05) is 13.6 Å². The highest BCUT2D eigenvalue weighted by molar-refractivity contribution is 5.77. The number of aliphatic hydroxyl groups is 1. The van der Waals surface area contributed by atoms with Crippen molar-refractivity contribution >= 4 is 6.29 Å². The van der Waals surface area contributed by atoms with E-state index in [9.17, 15) is 18.7 Å². The second-order valence-corrected chi connectivity index (χ2v) is 3.09. The maximum Gasteiger partial charge on any atom is 0.159 e. The third-order valence-corrected chi connectivity index (χ3v) is 2.01. The van der Waals surface area contributed by atoms with E-state index in [1.807, 2.05) is 0 Å². The molecule has 0 aliphatic heterocycles. The Bertz CT molecular complexity index is 369. The van der Waals surface area contributed by atoms with Crippen LogP contribution in [0.25, 0.3) is 0 Å². The molecular formula is C10H11F2NO2. The Balaban J connectivity index is 3.15. The van der Waals surface area contributed by atoms with Gasteiger partial charge in [0.05, 0.1) is 6.10 Å². The Morgan fingerprint density at radius 3 is 2.60 bits per heavy atom. The number of likely N-dealkylation sites (N-methyl/N-ethyl adjacent to an activating group) is 1. The zero-order valence-corrected chi connectivity index (χ0v) is 8.13. The Morgan fingerprint density at radius 1 is 1.47 bits per heavy atom. The fraction of sp³-hybridized carbons (Fsp3) is 0.300. The first-order chi connectivity index (χ1) is 7.10. The van der Waals surface area contributed by atoms with E-state index in [1.54, 1.807) is 7.05 Å². The Morgan fingerprint density at radius 2 is 2.07 bits per heavy atom. The highest BCUT2D eigenvalue weighted by Gasteiger charge is 2.15. The van der Waals surface area contributed by atoms with Gasteiger partial charge in [-0.25, -0.2) is 8.78 Å². The van der Waals surface area contributed by atoms with Gasteiger partial charge in [-0.05, 0) is 24.7 Å². The van der Waals surface area contributed by atoms with Gasteiger partial charge in [0, 0.05) is 12.1 Å². The van der Waals surface area contributed by atoms with Crippen LogP contribution >= 0.6 is 0 Å². The summed E-state index contributed by atoms with van der Waals surface area (Å²) in [5, 5.41) is 12.2. The molecule has 1 rings (SSSR count). The molecule has 0 heterocycles. The number of hydrogen-bond acceptors (Lipinski definition) is 3. The Labute approximate surface area is 85.7 Å². The van der Waals surface area contributed by atoms with Crippen molar-refractivity contribution in [2.45, 2.75) is 6.10 Å². The molecule has 0 aliphatic carbocycles. The van der Waals surface area contributed by atoms with Crippen molar-refractivity contribution in [3.05, 3.63) is 34.9 Å². The van der Waals surface area contributed by atoms with Crippen molar-refractivity contribution in [1.29, 1.82) is 0 Å². The fourth-order valence-corrected chi connectivity index (χ4v) is 1.27. The molecule has 0 amide bonds. The SMILES string of the molecule is CNCC(O)c1cc(F)c(F)cc1C=O. The summed E-state index contributed by atoms with van der Waals surface area (Å²) in [6.07, 6.45) is -0.651. The minimum atomic E-state index is -1.10. The number of halogens is 2. The average molecular weight is 215 g/mol. The maximum atomic E-state index is 12.9. The summed E-state index contributed by atoms with van der Waals surface area (Å²) in [4.78, 5) is 10.6. The Kier molecular flexibility index (Phi) is 3.88. The number of carbonyl (C=O) groups is 1. The first-order valence-corrected chi connectivity index (χ1v) is 4.37. The molecule has 0 aliphatic rings. The van der Waals surface area contributed by atoms with Crippen LogP contribution in [0.1, 0.15) is 22.0 Å². The van der Waals surface area contributed by atoms with Crippen molar-refractivity contribution < 1.29 is 18.7 Å². The lowest BCUT2D eigenvalue weighted by Crippen LogP contribution is -2.18. The molecule has 15 heavy (non-hydrogen) atoms. The summed E-state index contributed by atoms with van der Waals surface area (Å²) >= 11 is 0. The molecule has 5 heteroatoms. The largest absolute Gasteiger partial charge is 0.387 e. The highest BCUT2D eigenvalue weighted by Crippen LogP contribution is 2.20. The minimum absolute atomic E-state index is 0.0448. The first kappa shape index (κ1) is 11.7. The molecule has 0 fully saturated rings. The number of benzene rings is 1. The van der Waals surface area contributed by atoms with E-state index in [0.29, 0.717) is 6.29 Å². The summed E-state index contributed by atoms with van der Waals surface area (Å²) in [6.45, 7) is 0.159. The lowest BCUT2D eigenvalue weighted by atomic mass is 10.0. The summed E-state index contributed by atoms with van der Waals surface area (Å²) < 4.78 is 25.6. The molecule has 82 valence electrons. The van der Waals surface area contributed by atoms with Crippen LogP contribution in [0, 0.1) is 11.6 Å². The van der Waals surface area contributed by atoms with E-state index in [2.05, 4.69) is 5.32 Å². The molecule has 1 aromatic carbocycles. The van der Waals surface area contributed by atoms with Crippen molar-refractivity contribution in [1.82, 2.24) is 5.32 Å². The predicted octanol–water partition coefficient (Wildman–Crippen LogP) is 1.03. The standard InChI is InChI=1S/C10H11F2NO2/c1-13-4-10(15)7-3-9(12)8(11)2-6(7)5-14/h2-3,5,10,13,15H,4H2,1H3. The normalized spacial score (nSPS) is 12.5. The number of nitrogens with one attached hydrogen (secondary N) is 1. The first-order valence-electron chi connectivity index (χ1n) is 4.37. The summed E-state index contributed by atoms with van der Waals surface area (Å²) in [7, 11) is 1.60. The number of rotatable bonds is 4. The van der Waals surface area contributed by atoms with Crippen LogP contribution in [-0.4, -0.2) is 25.0 Å². The lowest BCUT2D eigenvalue weighted by molar-refractivity contribution is 0.111. The molecule has 1 aromatic rings. The van der Waals surface area contributed by atoms with Gasteiger partial charge in [0.2, 0.25) is 0 Å². The molecule has 0 radical (unpaired) electrons. The van der Waals surface area contributed by atoms with Gasteiger partial charge in [-0.1, -0.05) is 0 Å². The molecular weight excluding hydrogens is 204 g/mol. The van der Waals surface area contributed by atoms with Crippen LogP contribution < -0.4 is 5.32 Å². The minimum Gasteiger partial charge on any atom is -0.387 e. The smallest absolute Gasteiger partial charge is 0.159 e. The highest BCUT2D eigenvalue weighted by atomic mass is 19.2. The molecule has 0 saturated carbocycles. The third-order valence-electron chi connectivity index (χ3n) is 2.01. The maximum absolute atomic E-state index is 12.9. The van der Waals surface area contributed by atoms with Crippen LogP contribution in [0.4, 0.5) is 8.78 Å². The average Bonchev–Trinajstić information content (AvgIpc) is 2.21. The van der Waals surface area contributed by atoms with Crippen LogP contribution in [0.2, 0.25) is 0 Å². The second kappa shape index (κ2) is 4.95. The number of aliphatic hydroxyl groups excluding tert-OH is 1. The van der Waals surface area contributed by atoms with Gasteiger partial charge in [0.15, 0.2) is 17.9 Å². The summed E-state index contributed by atoms with van der Waals surface area (Å²) in [5.41, 5.74) is 0.0369. The van der Waals surface area contributed by atoms with E-state index in [1.165, 1.54) is 0 Å². The van der Waals surface area contributed by atoms with Gasteiger partial charge in [0.25, 0.3) is 0 Å². The lowest BCUT2D eigenvalue weighted by Gasteiger charge is -2.12. The number of hydrogen-bond donors (Lipinski definition) is 2. The molecule has 2 N–H and O–H groups in total. The molecule has 0 bridgehead atoms. The summed E-state index contributed by atoms with van der Waals surface area (Å²) in [5.74, 6) is -2.18. The summed E-state index contributed by atoms with van der Waals surface area (Å²) in [6, 6.07) is 1.61. The van der Waals surface area contributed by atoms with Crippen LogP contribution in [0.5, 0.6) is 0 Å². The van der Waals surface area contributed by atoms with E-state index < -0.39 is 17.7 Å². The Hall–Kier alpha value is -1.33. The van der Waals surface area contributed by atoms with Crippen LogP contribution in [-0.2, 0) is 0 Å². The van der Waals surface area contributed by atoms with E-state index in [0.717, 1.165) is 12.1 Å². The van der Waals surface area contributed by atoms with Crippen LogP contribution in [0.3, 0.4) is 0 Å². The zero-order chi connectivity index (χ0) is 11.4. The van der Waals surface area contributed by atoms with Gasteiger partial charge in [-0.15, -0.1) is 0 Å².